The van der Waals surface area contributed by atoms with Crippen LogP contribution in [0.25, 0.3) is 0 Å². The minimum Gasteiger partial charge on any atom is -0.487 e. The number of hydrogen-bond acceptors (Lipinski definition) is 5. The van der Waals surface area contributed by atoms with Crippen LogP contribution in [0.1, 0.15) is 13.3 Å². The number of ether oxygens (including phenoxy) is 2. The van der Waals surface area contributed by atoms with Gasteiger partial charge in [0, 0.05) is 25.7 Å². The van der Waals surface area contributed by atoms with Crippen molar-refractivity contribution in [1.82, 2.24) is 14.8 Å². The molecule has 2 aliphatic rings. The van der Waals surface area contributed by atoms with Gasteiger partial charge in [-0.2, -0.15) is 0 Å². The molecule has 0 aliphatic carbocycles. The Morgan fingerprint density at radius 3 is 2.84 bits per heavy atom. The zero-order valence-corrected chi connectivity index (χ0v) is 14.2. The number of morpholine rings is 1. The first-order valence-corrected chi connectivity index (χ1v) is 8.35. The topological polar surface area (TPSA) is 72.0 Å². The fraction of sp³-hybridized carbons (Fsp3) is 0.500. The SMILES string of the molecule is CC#CC(=O)N1C[C@@H](Oc2cccnc2)C[C@@H]1C(=O)N1CCOCC1. The molecule has 7 heteroatoms. The van der Waals surface area contributed by atoms with E-state index in [9.17, 15) is 9.59 Å². The minimum atomic E-state index is -0.548. The monoisotopic (exact) mass is 343 g/mol. The van der Waals surface area contributed by atoms with Gasteiger partial charge in [0.05, 0.1) is 26.0 Å². The van der Waals surface area contributed by atoms with E-state index >= 15 is 0 Å². The van der Waals surface area contributed by atoms with Crippen LogP contribution in [-0.2, 0) is 14.3 Å². The van der Waals surface area contributed by atoms with Crippen molar-refractivity contribution in [3.63, 3.8) is 0 Å². The highest BCUT2D eigenvalue weighted by Gasteiger charge is 2.42. The lowest BCUT2D eigenvalue weighted by Gasteiger charge is -2.31. The van der Waals surface area contributed by atoms with Gasteiger partial charge >= 0.3 is 0 Å². The van der Waals surface area contributed by atoms with Gasteiger partial charge in [-0.3, -0.25) is 14.6 Å². The highest BCUT2D eigenvalue weighted by atomic mass is 16.5. The standard InChI is InChI=1S/C18H21N3O4/c1-2-4-17(22)21-13-15(25-14-5-3-6-19-12-14)11-16(21)18(23)20-7-9-24-10-8-20/h3,5-6,12,15-16H,7-11,13H2,1H3/t15-,16+/m0/s1. The van der Waals surface area contributed by atoms with E-state index in [2.05, 4.69) is 16.8 Å². The first kappa shape index (κ1) is 17.2. The van der Waals surface area contributed by atoms with E-state index in [0.29, 0.717) is 45.0 Å². The van der Waals surface area contributed by atoms with E-state index in [1.807, 2.05) is 6.07 Å². The Labute approximate surface area is 146 Å². The largest absolute Gasteiger partial charge is 0.487 e. The van der Waals surface area contributed by atoms with Gasteiger partial charge in [-0.1, -0.05) is 5.92 Å². The summed E-state index contributed by atoms with van der Waals surface area (Å²) in [5.74, 6) is 5.37. The maximum absolute atomic E-state index is 12.9. The van der Waals surface area contributed by atoms with Crippen LogP contribution in [-0.4, -0.2) is 71.6 Å². The molecule has 0 radical (unpaired) electrons. The van der Waals surface area contributed by atoms with Crippen molar-refractivity contribution in [2.24, 2.45) is 0 Å². The van der Waals surface area contributed by atoms with E-state index in [4.69, 9.17) is 9.47 Å². The molecule has 25 heavy (non-hydrogen) atoms. The normalized spacial score (nSPS) is 22.9. The Hall–Kier alpha value is -2.59. The van der Waals surface area contributed by atoms with E-state index in [-0.39, 0.29) is 17.9 Å². The molecule has 7 nitrogen and oxygen atoms in total. The van der Waals surface area contributed by atoms with Gasteiger partial charge in [-0.25, -0.2) is 0 Å². The van der Waals surface area contributed by atoms with Crippen molar-refractivity contribution < 1.29 is 19.1 Å². The van der Waals surface area contributed by atoms with Crippen LogP contribution in [0.2, 0.25) is 0 Å². The summed E-state index contributed by atoms with van der Waals surface area (Å²) in [6.45, 7) is 4.09. The van der Waals surface area contributed by atoms with Crippen LogP contribution in [0.3, 0.4) is 0 Å². The van der Waals surface area contributed by atoms with Gasteiger partial charge < -0.3 is 19.3 Å². The van der Waals surface area contributed by atoms with Crippen LogP contribution >= 0.6 is 0 Å². The summed E-state index contributed by atoms with van der Waals surface area (Å²) >= 11 is 0. The average Bonchev–Trinajstić information content (AvgIpc) is 3.07. The molecule has 2 amide bonds. The molecule has 0 spiro atoms. The lowest BCUT2D eigenvalue weighted by atomic mass is 10.1. The number of hydrogen-bond donors (Lipinski definition) is 0. The van der Waals surface area contributed by atoms with Crippen molar-refractivity contribution in [3.8, 4) is 17.6 Å². The third-order valence-corrected chi connectivity index (χ3v) is 4.30. The summed E-state index contributed by atoms with van der Waals surface area (Å²) in [7, 11) is 0. The maximum atomic E-state index is 12.9. The van der Waals surface area contributed by atoms with Gasteiger partial charge in [-0.05, 0) is 25.0 Å². The minimum absolute atomic E-state index is 0.0631. The lowest BCUT2D eigenvalue weighted by molar-refractivity contribution is -0.144. The van der Waals surface area contributed by atoms with Crippen molar-refractivity contribution in [1.29, 1.82) is 0 Å². The number of likely N-dealkylation sites (tertiary alicyclic amines) is 1. The van der Waals surface area contributed by atoms with Gasteiger partial charge in [0.15, 0.2) is 0 Å². The highest BCUT2D eigenvalue weighted by molar-refractivity contribution is 5.97. The van der Waals surface area contributed by atoms with Crippen LogP contribution in [0.4, 0.5) is 0 Å². The molecule has 2 atom stereocenters. The van der Waals surface area contributed by atoms with Crippen LogP contribution in [0.5, 0.6) is 5.75 Å². The smallest absolute Gasteiger partial charge is 0.299 e. The maximum Gasteiger partial charge on any atom is 0.299 e. The van der Waals surface area contributed by atoms with E-state index in [1.54, 1.807) is 30.3 Å². The fourth-order valence-corrected chi connectivity index (χ4v) is 3.12. The molecular weight excluding hydrogens is 322 g/mol. The van der Waals surface area contributed by atoms with Gasteiger partial charge in [0.2, 0.25) is 5.91 Å². The first-order valence-electron chi connectivity index (χ1n) is 8.35. The average molecular weight is 343 g/mol. The van der Waals surface area contributed by atoms with Gasteiger partial charge in [-0.15, -0.1) is 0 Å². The summed E-state index contributed by atoms with van der Waals surface area (Å²) in [6, 6.07) is 3.04. The summed E-state index contributed by atoms with van der Waals surface area (Å²) in [6.07, 6.45) is 3.47. The highest BCUT2D eigenvalue weighted by Crippen LogP contribution is 2.24. The zero-order valence-electron chi connectivity index (χ0n) is 14.2. The van der Waals surface area contributed by atoms with E-state index < -0.39 is 6.04 Å². The quantitative estimate of drug-likeness (QED) is 0.739. The van der Waals surface area contributed by atoms with Crippen molar-refractivity contribution in [3.05, 3.63) is 24.5 Å². The van der Waals surface area contributed by atoms with Crippen molar-refractivity contribution >= 4 is 11.8 Å². The summed E-state index contributed by atoms with van der Waals surface area (Å²) in [5, 5.41) is 0. The number of nitrogens with zero attached hydrogens (tertiary/aromatic N) is 3. The molecule has 2 saturated heterocycles. The van der Waals surface area contributed by atoms with Gasteiger partial charge in [0.1, 0.15) is 17.9 Å². The lowest BCUT2D eigenvalue weighted by Crippen LogP contribution is -2.50. The zero-order chi connectivity index (χ0) is 17.6. The Morgan fingerprint density at radius 2 is 2.16 bits per heavy atom. The summed E-state index contributed by atoms with van der Waals surface area (Å²) in [4.78, 5) is 32.5. The predicted molar refractivity (Wildman–Crippen MR) is 89.6 cm³/mol. The molecule has 2 fully saturated rings. The fourth-order valence-electron chi connectivity index (χ4n) is 3.12. The molecule has 132 valence electrons. The summed E-state index contributed by atoms with van der Waals surface area (Å²) in [5.41, 5.74) is 0. The summed E-state index contributed by atoms with van der Waals surface area (Å²) < 4.78 is 11.2. The molecular formula is C18H21N3O4. The predicted octanol–water partition coefficient (Wildman–Crippen LogP) is 0.312. The Kier molecular flexibility index (Phi) is 5.51. The third-order valence-electron chi connectivity index (χ3n) is 4.30. The molecule has 0 N–H and O–H groups in total. The number of carbonyl (C=O) groups is 2. The molecule has 0 aromatic carbocycles. The number of amides is 2. The second-order valence-corrected chi connectivity index (χ2v) is 5.95. The number of pyridine rings is 1. The number of aromatic nitrogens is 1. The number of carbonyl (C=O) groups excluding carboxylic acids is 2. The van der Waals surface area contributed by atoms with E-state index in [1.165, 1.54) is 4.90 Å². The first-order chi connectivity index (χ1) is 12.2. The van der Waals surface area contributed by atoms with Gasteiger partial charge in [0.25, 0.3) is 5.91 Å². The third kappa shape index (κ3) is 4.09. The molecule has 3 rings (SSSR count). The molecule has 0 bridgehead atoms. The molecule has 2 aliphatic heterocycles. The van der Waals surface area contributed by atoms with Crippen molar-refractivity contribution in [2.75, 3.05) is 32.8 Å². The molecule has 3 heterocycles. The molecule has 1 aromatic rings. The van der Waals surface area contributed by atoms with Crippen LogP contribution < -0.4 is 4.74 Å². The second kappa shape index (κ2) is 7.99. The van der Waals surface area contributed by atoms with Crippen LogP contribution in [0, 0.1) is 11.8 Å². The molecule has 0 unspecified atom stereocenters. The molecule has 1 aromatic heterocycles. The Morgan fingerprint density at radius 1 is 1.36 bits per heavy atom. The second-order valence-electron chi connectivity index (χ2n) is 5.95. The Balaban J connectivity index is 1.74. The van der Waals surface area contributed by atoms with Crippen molar-refractivity contribution in [2.45, 2.75) is 25.5 Å². The number of rotatable bonds is 3. The van der Waals surface area contributed by atoms with E-state index in [0.717, 1.165) is 0 Å². The Bertz CT molecular complexity index is 677. The van der Waals surface area contributed by atoms with Crippen LogP contribution in [0.15, 0.2) is 24.5 Å². The molecule has 0 saturated carbocycles.